The Hall–Kier alpha value is -5.94. The van der Waals surface area contributed by atoms with Crippen LogP contribution in [0.25, 0.3) is 0 Å². The molecule has 2 rings (SSSR count). The lowest BCUT2D eigenvalue weighted by Gasteiger charge is -2.41. The molecule has 0 aromatic rings. The quantitative estimate of drug-likeness (QED) is 0.0514. The summed E-state index contributed by atoms with van der Waals surface area (Å²) in [4.78, 5) is 177. The van der Waals surface area contributed by atoms with Crippen LogP contribution in [0.4, 0.5) is 0 Å². The van der Waals surface area contributed by atoms with Gasteiger partial charge in [0.2, 0.25) is 59.1 Å². The van der Waals surface area contributed by atoms with Gasteiger partial charge >= 0.3 is 0 Å². The Morgan fingerprint density at radius 3 is 1.56 bits per heavy atom. The van der Waals surface area contributed by atoms with E-state index in [0.717, 1.165) is 16.7 Å². The standard InChI is InChI=1S/C72H130N12O15S/c1-26-29-31-48(14)59(85)58-63(89)75-51(27-2)65(91)83(25)71(100-37-30-32-84-33-35-98-36-34-84)70(96)80(22)55(41-72(17,18)99-42-97-28-3)62(88)76-56(46(10)11)68(94)77(19)52(38-43(4)5)61(87)73-49(15)60(86)74-50(16)64(90)78(20)53(39-44(6)7)66(92)79(21)54(40-45(8)9)67(93)81(23)57(47(12)13)69(95)82(58)24/h26,29,43-59,71,85H,27-28,30-42H2,1-25H3,(H,73,87)(H,74,86)(H,75,89)(H,76,88)/b29-26+/t48-,49+,50-,51+,52+,53+,54+,55+,56+,57+,58+,59-,71-/m1/s1. The number of hydrogen-bond donors (Lipinski definition) is 5. The molecule has 13 atom stereocenters. The highest BCUT2D eigenvalue weighted by Crippen LogP contribution is 2.29. The van der Waals surface area contributed by atoms with Gasteiger partial charge < -0.3 is 74.9 Å². The third-order valence-electron chi connectivity index (χ3n) is 18.9. The summed E-state index contributed by atoms with van der Waals surface area (Å²) in [7, 11) is 10.0. The Kier molecular flexibility index (Phi) is 38.4. The molecule has 100 heavy (non-hydrogen) atoms. The van der Waals surface area contributed by atoms with Crippen LogP contribution in [-0.4, -0.2) is 288 Å². The summed E-state index contributed by atoms with van der Waals surface area (Å²) in [5, 5.41) is 22.3. The molecule has 28 heteroatoms. The third kappa shape index (κ3) is 26.4. The summed E-state index contributed by atoms with van der Waals surface area (Å²) < 4.78 is 17.3. The highest BCUT2D eigenvalue weighted by atomic mass is 32.2. The van der Waals surface area contributed by atoms with Crippen molar-refractivity contribution in [3.63, 3.8) is 0 Å². The number of morpholine rings is 1. The van der Waals surface area contributed by atoms with Gasteiger partial charge in [0.25, 0.3) is 5.91 Å². The van der Waals surface area contributed by atoms with Crippen LogP contribution >= 0.6 is 11.8 Å². The van der Waals surface area contributed by atoms with Crippen LogP contribution in [0.5, 0.6) is 0 Å². The Morgan fingerprint density at radius 2 is 1.05 bits per heavy atom. The number of hydrogen-bond acceptors (Lipinski definition) is 17. The molecule has 0 spiro atoms. The molecule has 0 aliphatic carbocycles. The zero-order valence-corrected chi connectivity index (χ0v) is 66.1. The van der Waals surface area contributed by atoms with E-state index in [9.17, 15) is 19.5 Å². The van der Waals surface area contributed by atoms with Crippen molar-refractivity contribution in [1.29, 1.82) is 0 Å². The van der Waals surface area contributed by atoms with Crippen LogP contribution in [0.1, 0.15) is 170 Å². The first-order chi connectivity index (χ1) is 46.5. The first-order valence-corrected chi connectivity index (χ1v) is 37.1. The van der Waals surface area contributed by atoms with Gasteiger partial charge in [-0.2, -0.15) is 0 Å². The lowest BCUT2D eigenvalue weighted by atomic mass is 9.91. The van der Waals surface area contributed by atoms with Crippen molar-refractivity contribution in [2.45, 2.75) is 247 Å². The molecule has 2 aliphatic rings. The summed E-state index contributed by atoms with van der Waals surface area (Å²) >= 11 is 1.16. The van der Waals surface area contributed by atoms with Gasteiger partial charge in [0.05, 0.1) is 24.9 Å². The molecular weight excluding hydrogens is 1300 g/mol. The molecular formula is C72H130N12O15S. The van der Waals surface area contributed by atoms with Crippen molar-refractivity contribution in [1.82, 2.24) is 60.5 Å². The molecule has 2 heterocycles. The van der Waals surface area contributed by atoms with Crippen LogP contribution in [0, 0.1) is 35.5 Å². The second-order valence-electron chi connectivity index (χ2n) is 29.9. The number of aliphatic hydroxyl groups is 1. The molecule has 574 valence electrons. The number of amides is 11. The number of ether oxygens (including phenoxy) is 3. The van der Waals surface area contributed by atoms with Crippen molar-refractivity contribution in [3.05, 3.63) is 12.2 Å². The van der Waals surface area contributed by atoms with E-state index in [1.807, 2.05) is 47.6 Å². The fourth-order valence-corrected chi connectivity index (χ4v) is 13.7. The molecule has 0 aromatic heterocycles. The lowest BCUT2D eigenvalue weighted by Crippen LogP contribution is -2.64. The first kappa shape index (κ1) is 90.1. The van der Waals surface area contributed by atoms with Gasteiger partial charge in [-0.3, -0.25) is 57.6 Å². The van der Waals surface area contributed by atoms with Gasteiger partial charge in [-0.15, -0.1) is 11.8 Å². The zero-order valence-electron chi connectivity index (χ0n) is 65.3. The van der Waals surface area contributed by atoms with Gasteiger partial charge in [-0.1, -0.05) is 95.2 Å². The number of carbonyl (C=O) groups is 11. The Morgan fingerprint density at radius 1 is 0.560 bits per heavy atom. The van der Waals surface area contributed by atoms with Gasteiger partial charge in [0, 0.05) is 75.5 Å². The second-order valence-corrected chi connectivity index (χ2v) is 31.1. The number of allylic oxidation sites excluding steroid dienone is 2. The maximum Gasteiger partial charge on any atom is 0.256 e. The number of carbonyl (C=O) groups excluding carboxylic acids is 11. The minimum absolute atomic E-state index is 0.0263. The molecule has 0 saturated carbocycles. The largest absolute Gasteiger partial charge is 0.390 e. The smallest absolute Gasteiger partial charge is 0.256 e. The van der Waals surface area contributed by atoms with E-state index in [1.54, 1.807) is 75.3 Å². The number of nitrogens with zero attached hydrogens (tertiary/aromatic N) is 8. The number of thioether (sulfide) groups is 1. The van der Waals surface area contributed by atoms with Gasteiger partial charge in [0.1, 0.15) is 67.2 Å². The maximum absolute atomic E-state index is 15.7. The number of aliphatic hydroxyl groups excluding tert-OH is 1. The fourth-order valence-electron chi connectivity index (χ4n) is 12.5. The SMILES string of the molecule is C/C=C/C[C@@H](C)[C@@H](O)[C@H]1C(=O)N[C@@H](CC)C(=O)N(C)[C@H](SCCCN2CCOCC2)C(=O)N(C)[C@@H](CC(C)(C)OCOCC)C(=O)N[C@@H](C(C)C)C(=O)N(C)[C@@H](CC(C)C)C(=O)N[C@@H](C)C(=O)N[C@H](C)C(=O)N(C)[C@@H](CC(C)C)C(=O)N(C)[C@@H](CC(C)C)C(=O)N(C)[C@@H](C(C)C)C(=O)N1C. The molecule has 0 unspecified atom stereocenters. The van der Waals surface area contributed by atoms with Crippen molar-refractivity contribution in [2.75, 3.05) is 101 Å². The predicted molar refractivity (Wildman–Crippen MR) is 389 cm³/mol. The predicted octanol–water partition coefficient (Wildman–Crippen LogP) is 4.18. The average molecular weight is 1440 g/mol. The van der Waals surface area contributed by atoms with E-state index < -0.39 is 160 Å². The molecule has 0 aromatic carbocycles. The van der Waals surface area contributed by atoms with Crippen molar-refractivity contribution < 1.29 is 72.1 Å². The number of likely N-dealkylation sites (N-methyl/N-ethyl adjacent to an activating group) is 7. The zero-order chi connectivity index (χ0) is 76.5. The number of nitrogens with one attached hydrogen (secondary N) is 4. The van der Waals surface area contributed by atoms with Crippen LogP contribution < -0.4 is 21.3 Å². The van der Waals surface area contributed by atoms with Crippen LogP contribution in [0.3, 0.4) is 0 Å². The van der Waals surface area contributed by atoms with Crippen molar-refractivity contribution >= 4 is 76.7 Å². The van der Waals surface area contributed by atoms with E-state index in [2.05, 4.69) is 26.2 Å². The molecule has 0 bridgehead atoms. The summed E-state index contributed by atoms with van der Waals surface area (Å²) in [6, 6.07) is -13.0. The van der Waals surface area contributed by atoms with Crippen LogP contribution in [0.15, 0.2) is 12.2 Å². The average Bonchev–Trinajstić information content (AvgIpc) is 0.806. The maximum atomic E-state index is 15.7. The van der Waals surface area contributed by atoms with E-state index >= 15 is 38.4 Å². The molecule has 2 aliphatic heterocycles. The molecule has 0 radical (unpaired) electrons. The summed E-state index contributed by atoms with van der Waals surface area (Å²) in [5.41, 5.74) is -1.17. The van der Waals surface area contributed by atoms with E-state index in [1.165, 1.54) is 92.6 Å². The Labute approximate surface area is 602 Å². The van der Waals surface area contributed by atoms with Gasteiger partial charge in [0.15, 0.2) is 5.37 Å². The highest BCUT2D eigenvalue weighted by molar-refractivity contribution is 8.00. The van der Waals surface area contributed by atoms with Crippen molar-refractivity contribution in [2.24, 2.45) is 35.5 Å². The lowest BCUT2D eigenvalue weighted by molar-refractivity contribution is -0.157. The van der Waals surface area contributed by atoms with Crippen LogP contribution in [0.2, 0.25) is 0 Å². The monoisotopic (exact) mass is 1430 g/mol. The molecule has 27 nitrogen and oxygen atoms in total. The molecule has 11 amide bonds. The topological polar surface area (TPSA) is 310 Å². The van der Waals surface area contributed by atoms with Crippen LogP contribution in [-0.2, 0) is 67.0 Å². The Bertz CT molecular complexity index is 2710. The van der Waals surface area contributed by atoms with Gasteiger partial charge in [-0.05, 0) is 128 Å². The molecule has 2 saturated heterocycles. The molecule has 5 N–H and O–H groups in total. The highest BCUT2D eigenvalue weighted by Gasteiger charge is 2.47. The minimum atomic E-state index is -1.66. The summed E-state index contributed by atoms with van der Waals surface area (Å²) in [6.07, 6.45) is 3.14. The fraction of sp³-hybridized carbons (Fsp3) is 0.819. The minimum Gasteiger partial charge on any atom is -0.390 e. The summed E-state index contributed by atoms with van der Waals surface area (Å²) in [6.45, 7) is 34.8. The third-order valence-corrected chi connectivity index (χ3v) is 20.3. The number of rotatable bonds is 24. The van der Waals surface area contributed by atoms with E-state index in [0.29, 0.717) is 51.6 Å². The van der Waals surface area contributed by atoms with Crippen molar-refractivity contribution in [3.8, 4) is 0 Å². The normalized spacial score (nSPS) is 26.6. The molecule has 2 fully saturated rings. The van der Waals surface area contributed by atoms with Gasteiger partial charge in [-0.25, -0.2) is 0 Å². The Balaban J connectivity index is 3.18. The van der Waals surface area contributed by atoms with E-state index in [-0.39, 0.29) is 63.1 Å². The second kappa shape index (κ2) is 42.6. The van der Waals surface area contributed by atoms with E-state index in [4.69, 9.17) is 14.2 Å². The summed E-state index contributed by atoms with van der Waals surface area (Å²) in [5.74, 6) is -9.79. The first-order valence-electron chi connectivity index (χ1n) is 36.1.